The maximum atomic E-state index is 6.65. The number of aryl methyl sites for hydroxylation is 1. The summed E-state index contributed by atoms with van der Waals surface area (Å²) in [7, 11) is 2.15. The van der Waals surface area contributed by atoms with Gasteiger partial charge in [0.1, 0.15) is 11.2 Å². The fourth-order valence-electron chi connectivity index (χ4n) is 5.01. The minimum Gasteiger partial charge on any atom is -0.364 e. The lowest BCUT2D eigenvalue weighted by Crippen LogP contribution is -2.53. The molecule has 25 heavy (non-hydrogen) atoms. The zero-order valence-corrected chi connectivity index (χ0v) is 15.4. The second-order valence-electron chi connectivity index (χ2n) is 7.47. The molecular formula is C23H27NO. The number of fused-ring (bicyclic) bond motifs is 1. The summed E-state index contributed by atoms with van der Waals surface area (Å²) in [6.45, 7) is 12.8. The van der Waals surface area contributed by atoms with Crippen molar-refractivity contribution in [3.05, 3.63) is 65.8 Å². The third-order valence-electron chi connectivity index (χ3n) is 6.03. The number of allylic oxidation sites excluding steroid dienone is 1. The molecule has 1 saturated carbocycles. The Balaban J connectivity index is 0.00000196. The van der Waals surface area contributed by atoms with Crippen molar-refractivity contribution in [2.45, 2.75) is 50.4 Å². The number of nitrogens with zero attached hydrogens (tertiary/aromatic N) is 1. The minimum atomic E-state index is -0.336. The van der Waals surface area contributed by atoms with Crippen LogP contribution >= 0.6 is 0 Å². The van der Waals surface area contributed by atoms with Crippen molar-refractivity contribution in [2.24, 2.45) is 0 Å². The highest BCUT2D eigenvalue weighted by molar-refractivity contribution is 5.70. The zero-order valence-electron chi connectivity index (χ0n) is 15.4. The molecule has 3 aliphatic rings. The van der Waals surface area contributed by atoms with Gasteiger partial charge in [-0.2, -0.15) is 0 Å². The van der Waals surface area contributed by atoms with E-state index in [1.165, 1.54) is 22.4 Å². The molecule has 4 rings (SSSR count). The average Bonchev–Trinajstić information content (AvgIpc) is 3.28. The number of hydrogen-bond acceptors (Lipinski definition) is 2. The zero-order chi connectivity index (χ0) is 17.8. The van der Waals surface area contributed by atoms with E-state index in [2.05, 4.69) is 62.1 Å². The lowest BCUT2D eigenvalue weighted by atomic mass is 9.65. The highest BCUT2D eigenvalue weighted by atomic mass is 16.6. The Morgan fingerprint density at radius 1 is 1.48 bits per heavy atom. The lowest BCUT2D eigenvalue weighted by molar-refractivity contribution is 0.256. The van der Waals surface area contributed by atoms with E-state index in [0.717, 1.165) is 24.8 Å². The fourth-order valence-corrected chi connectivity index (χ4v) is 5.01. The first-order valence-electron chi connectivity index (χ1n) is 8.98. The van der Waals surface area contributed by atoms with Crippen LogP contribution in [-0.4, -0.2) is 18.7 Å². The maximum Gasteiger partial charge on any atom is 0.148 e. The van der Waals surface area contributed by atoms with Gasteiger partial charge in [0.2, 0.25) is 0 Å². The van der Waals surface area contributed by atoms with Crippen molar-refractivity contribution < 1.29 is 6.16 Å². The Kier molecular flexibility index (Phi) is 3.49. The monoisotopic (exact) mass is 333 g/mol. The number of benzene rings is 1. The first kappa shape index (κ1) is 16.2. The fraction of sp³-hybridized carbons (Fsp3) is 0.391. The third kappa shape index (κ3) is 1.96. The second-order valence-corrected chi connectivity index (χ2v) is 7.47. The largest absolute Gasteiger partial charge is 0.364 e. The molecule has 0 amide bonds. The molecule has 0 unspecified atom stereocenters. The van der Waals surface area contributed by atoms with E-state index in [9.17, 15) is 0 Å². The van der Waals surface area contributed by atoms with Gasteiger partial charge in [-0.1, -0.05) is 36.8 Å². The molecule has 2 nitrogen and oxygen atoms in total. The van der Waals surface area contributed by atoms with Gasteiger partial charge in [-0.15, -0.1) is 5.92 Å². The number of ether oxygens (including phenoxy) is 1. The summed E-state index contributed by atoms with van der Waals surface area (Å²) in [5.41, 5.74) is 5.46. The normalized spacial score (nSPS) is 32.4. The summed E-state index contributed by atoms with van der Waals surface area (Å²) in [5.74, 6) is 5.90. The van der Waals surface area contributed by atoms with Crippen molar-refractivity contribution in [3.8, 4) is 11.8 Å². The Hall–Kier alpha value is -2.24. The first-order chi connectivity index (χ1) is 12.0. The van der Waals surface area contributed by atoms with Crippen LogP contribution in [0.15, 0.2) is 54.7 Å². The summed E-state index contributed by atoms with van der Waals surface area (Å²) in [6, 6.07) is 6.77. The van der Waals surface area contributed by atoms with Gasteiger partial charge in [-0.25, -0.2) is 0 Å². The lowest BCUT2D eigenvalue weighted by Gasteiger charge is -2.45. The van der Waals surface area contributed by atoms with Gasteiger partial charge in [0.25, 0.3) is 0 Å². The quantitative estimate of drug-likeness (QED) is 0.331. The maximum absolute atomic E-state index is 6.65. The smallest absolute Gasteiger partial charge is 0.148 e. The van der Waals surface area contributed by atoms with E-state index in [4.69, 9.17) is 4.74 Å². The number of likely N-dealkylation sites (N-methyl/N-ethyl adjacent to an activating group) is 1. The number of anilines is 1. The van der Waals surface area contributed by atoms with Gasteiger partial charge in [-0.05, 0) is 62.5 Å². The van der Waals surface area contributed by atoms with Crippen LogP contribution in [0, 0.1) is 18.8 Å². The first-order valence-corrected chi connectivity index (χ1v) is 8.98. The Morgan fingerprint density at radius 2 is 2.28 bits per heavy atom. The van der Waals surface area contributed by atoms with Crippen LogP contribution in [0.25, 0.3) is 0 Å². The average molecular weight is 333 g/mol. The third-order valence-corrected chi connectivity index (χ3v) is 6.03. The Morgan fingerprint density at radius 3 is 3.04 bits per heavy atom. The summed E-state index contributed by atoms with van der Waals surface area (Å²) in [6.07, 6.45) is 7.13. The Bertz CT molecular complexity index is 874. The van der Waals surface area contributed by atoms with Crippen molar-refractivity contribution in [1.29, 1.82) is 0 Å². The van der Waals surface area contributed by atoms with Gasteiger partial charge in [0.15, 0.2) is 0 Å². The van der Waals surface area contributed by atoms with Gasteiger partial charge in [0.05, 0.1) is 6.04 Å². The van der Waals surface area contributed by atoms with Crippen LogP contribution in [-0.2, 0) is 10.3 Å². The van der Waals surface area contributed by atoms with Gasteiger partial charge < -0.3 is 9.64 Å². The molecule has 0 aromatic heterocycles. The molecule has 2 heteroatoms. The van der Waals surface area contributed by atoms with Crippen LogP contribution < -0.4 is 4.90 Å². The van der Waals surface area contributed by atoms with Gasteiger partial charge in [-0.3, -0.25) is 0 Å². The molecule has 0 spiro atoms. The number of epoxide rings is 1. The van der Waals surface area contributed by atoms with Crippen LogP contribution in [0.2, 0.25) is 0 Å². The summed E-state index contributed by atoms with van der Waals surface area (Å²) in [5, 5.41) is 0. The van der Waals surface area contributed by atoms with Crippen molar-refractivity contribution in [2.75, 3.05) is 11.9 Å². The van der Waals surface area contributed by atoms with Crippen LogP contribution in [0.4, 0.5) is 5.69 Å². The molecule has 1 aliphatic carbocycles. The number of rotatable bonds is 2. The summed E-state index contributed by atoms with van der Waals surface area (Å²) in [4.78, 5) is 2.34. The van der Waals surface area contributed by atoms with E-state index in [0.29, 0.717) is 0 Å². The van der Waals surface area contributed by atoms with E-state index < -0.39 is 0 Å². The molecular weight excluding hydrogens is 306 g/mol. The van der Waals surface area contributed by atoms with Crippen LogP contribution in [0.1, 0.15) is 38.7 Å². The van der Waals surface area contributed by atoms with Crippen molar-refractivity contribution in [3.63, 3.8) is 0 Å². The molecule has 2 heterocycles. The highest BCUT2D eigenvalue weighted by Crippen LogP contribution is 2.72. The topological polar surface area (TPSA) is 15.8 Å². The molecule has 0 bridgehead atoms. The summed E-state index contributed by atoms with van der Waals surface area (Å²) < 4.78 is 6.65. The predicted octanol–water partition coefficient (Wildman–Crippen LogP) is 4.90. The molecule has 1 saturated heterocycles. The molecule has 130 valence electrons. The molecule has 2 aliphatic heterocycles. The Labute approximate surface area is 152 Å². The van der Waals surface area contributed by atoms with E-state index in [1.54, 1.807) is 0 Å². The molecule has 2 fully saturated rings. The van der Waals surface area contributed by atoms with Crippen molar-refractivity contribution in [1.82, 2.24) is 0 Å². The van der Waals surface area contributed by atoms with E-state index in [1.807, 2.05) is 19.1 Å². The number of hydrogen-bond donors (Lipinski definition) is 0. The standard InChI is InChI=1S/C23H25NO.H2/c1-6-7-8-10-17(3)21-22-14-9-11-18(4)23(22,25-22)19-15-16(2)12-13-20(19)24(21)5;/h8,10,12-13,15,21H,3-4,9,11,14H2,1-2,5H3;1H/b10-8-;/t21-,22-,23+;/m0./s1. The predicted molar refractivity (Wildman–Crippen MR) is 106 cm³/mol. The molecule has 1 aromatic rings. The minimum absolute atomic E-state index is 0. The van der Waals surface area contributed by atoms with Crippen molar-refractivity contribution >= 4 is 5.69 Å². The van der Waals surface area contributed by atoms with Crippen LogP contribution in [0.3, 0.4) is 0 Å². The van der Waals surface area contributed by atoms with E-state index in [-0.39, 0.29) is 18.7 Å². The van der Waals surface area contributed by atoms with Crippen LogP contribution in [0.5, 0.6) is 0 Å². The van der Waals surface area contributed by atoms with E-state index >= 15 is 0 Å². The van der Waals surface area contributed by atoms with Gasteiger partial charge >= 0.3 is 0 Å². The molecule has 0 N–H and O–H groups in total. The molecule has 1 aromatic carbocycles. The van der Waals surface area contributed by atoms with Gasteiger partial charge in [0, 0.05) is 19.7 Å². The second kappa shape index (κ2) is 5.38. The summed E-state index contributed by atoms with van der Waals surface area (Å²) >= 11 is 0. The molecule has 0 radical (unpaired) electrons. The highest BCUT2D eigenvalue weighted by Gasteiger charge is 2.79. The SMILES string of the molecule is C=C(/C=C\C#CC)[C@@H]1N(C)c2ccc(C)cc2[C@@]23O[C@@]12CCCC3=C.[HH]. The molecule has 3 atom stereocenters.